The van der Waals surface area contributed by atoms with Gasteiger partial charge >= 0.3 is 0 Å². The van der Waals surface area contributed by atoms with E-state index < -0.39 is 0 Å². The number of nitrogens with zero attached hydrogens (tertiary/aromatic N) is 4. The molecule has 0 atom stereocenters. The van der Waals surface area contributed by atoms with E-state index in [0.717, 1.165) is 17.5 Å². The van der Waals surface area contributed by atoms with Crippen molar-refractivity contribution in [2.45, 2.75) is 45.3 Å². The molecule has 0 saturated carbocycles. The number of tetrazole rings is 1. The van der Waals surface area contributed by atoms with Crippen LogP contribution in [0.3, 0.4) is 0 Å². The number of para-hydroxylation sites is 1. The number of Topliss-reactive ketones (excluding diaryl/α,β-unsaturated/α-hetero) is 1. The van der Waals surface area contributed by atoms with Gasteiger partial charge in [-0.3, -0.25) is 9.59 Å². The molecule has 8 heteroatoms. The monoisotopic (exact) mass is 361 g/mol. The standard InChI is InChI=1S/C17H23N5O2S/c1-12(2)11-22-17(19-20-21-22)25-10-6-9-16(24)18-15-8-5-4-7-14(15)13(3)23/h4-5,7-8,12H,6,9-11H2,1-3H3,(H,18,24). The zero-order valence-corrected chi connectivity index (χ0v) is 15.5. The summed E-state index contributed by atoms with van der Waals surface area (Å²) in [7, 11) is 0. The number of amides is 1. The zero-order chi connectivity index (χ0) is 18.2. The molecule has 0 aliphatic carbocycles. The molecule has 0 aliphatic rings. The summed E-state index contributed by atoms with van der Waals surface area (Å²) in [4.78, 5) is 23.7. The Labute approximate surface area is 151 Å². The van der Waals surface area contributed by atoms with Crippen LogP contribution in [-0.4, -0.2) is 37.7 Å². The van der Waals surface area contributed by atoms with E-state index in [1.165, 1.54) is 6.92 Å². The summed E-state index contributed by atoms with van der Waals surface area (Å²) in [5, 5.41) is 15.3. The van der Waals surface area contributed by atoms with Crippen molar-refractivity contribution in [1.82, 2.24) is 20.2 Å². The molecule has 2 rings (SSSR count). The molecule has 25 heavy (non-hydrogen) atoms. The molecule has 0 aliphatic heterocycles. The van der Waals surface area contributed by atoms with Gasteiger partial charge in [0.1, 0.15) is 0 Å². The molecule has 1 amide bonds. The minimum atomic E-state index is -0.101. The second-order valence-electron chi connectivity index (χ2n) is 6.14. The molecule has 0 radical (unpaired) electrons. The second kappa shape index (κ2) is 9.31. The first-order valence-electron chi connectivity index (χ1n) is 8.26. The van der Waals surface area contributed by atoms with Crippen LogP contribution < -0.4 is 5.32 Å². The highest BCUT2D eigenvalue weighted by molar-refractivity contribution is 7.99. The topological polar surface area (TPSA) is 89.8 Å². The lowest BCUT2D eigenvalue weighted by Crippen LogP contribution is -2.14. The van der Waals surface area contributed by atoms with Crippen LogP contribution in [0.5, 0.6) is 0 Å². The molecule has 0 fully saturated rings. The Hall–Kier alpha value is -2.22. The van der Waals surface area contributed by atoms with Crippen molar-refractivity contribution in [2.24, 2.45) is 5.92 Å². The van der Waals surface area contributed by atoms with Gasteiger partial charge in [0.05, 0.1) is 5.69 Å². The van der Waals surface area contributed by atoms with Gasteiger partial charge in [-0.05, 0) is 41.8 Å². The third-order valence-corrected chi connectivity index (χ3v) is 4.44. The third-order valence-electron chi connectivity index (χ3n) is 3.40. The summed E-state index contributed by atoms with van der Waals surface area (Å²) in [5.74, 6) is 1.05. The summed E-state index contributed by atoms with van der Waals surface area (Å²) < 4.78 is 1.79. The molecular weight excluding hydrogens is 338 g/mol. The molecule has 1 aromatic carbocycles. The normalized spacial score (nSPS) is 10.9. The molecule has 134 valence electrons. The van der Waals surface area contributed by atoms with E-state index in [1.54, 1.807) is 40.7 Å². The Morgan fingerprint density at radius 2 is 2.04 bits per heavy atom. The highest BCUT2D eigenvalue weighted by Gasteiger charge is 2.11. The lowest BCUT2D eigenvalue weighted by molar-refractivity contribution is -0.116. The van der Waals surface area contributed by atoms with Gasteiger partial charge in [0, 0.05) is 24.3 Å². The van der Waals surface area contributed by atoms with E-state index in [9.17, 15) is 9.59 Å². The Balaban J connectivity index is 1.78. The lowest BCUT2D eigenvalue weighted by Gasteiger charge is -2.09. The number of anilines is 1. The van der Waals surface area contributed by atoms with Crippen molar-refractivity contribution in [1.29, 1.82) is 0 Å². The molecule has 2 aromatic rings. The number of nitrogens with one attached hydrogen (secondary N) is 1. The molecule has 0 saturated heterocycles. The average Bonchev–Trinajstić information content (AvgIpc) is 2.98. The van der Waals surface area contributed by atoms with Gasteiger partial charge < -0.3 is 5.32 Å². The van der Waals surface area contributed by atoms with Gasteiger partial charge in [0.2, 0.25) is 11.1 Å². The van der Waals surface area contributed by atoms with E-state index in [-0.39, 0.29) is 11.7 Å². The maximum Gasteiger partial charge on any atom is 0.224 e. The van der Waals surface area contributed by atoms with Crippen molar-refractivity contribution in [3.8, 4) is 0 Å². The van der Waals surface area contributed by atoms with Crippen LogP contribution in [0.25, 0.3) is 0 Å². The van der Waals surface area contributed by atoms with Gasteiger partial charge in [-0.25, -0.2) is 4.68 Å². The largest absolute Gasteiger partial charge is 0.325 e. The van der Waals surface area contributed by atoms with E-state index in [1.807, 2.05) is 0 Å². The summed E-state index contributed by atoms with van der Waals surface area (Å²) in [5.41, 5.74) is 1.09. The number of ketones is 1. The van der Waals surface area contributed by atoms with Crippen LogP contribution in [0.1, 0.15) is 44.0 Å². The van der Waals surface area contributed by atoms with Crippen LogP contribution in [0.2, 0.25) is 0 Å². The van der Waals surface area contributed by atoms with Gasteiger partial charge in [0.15, 0.2) is 5.78 Å². The minimum absolute atomic E-state index is 0.0663. The number of rotatable bonds is 9. The van der Waals surface area contributed by atoms with Gasteiger partial charge in [-0.2, -0.15) is 0 Å². The predicted molar refractivity (Wildman–Crippen MR) is 97.7 cm³/mol. The van der Waals surface area contributed by atoms with Crippen LogP contribution in [0.4, 0.5) is 5.69 Å². The Bertz CT molecular complexity index is 729. The molecule has 1 aromatic heterocycles. The van der Waals surface area contributed by atoms with E-state index >= 15 is 0 Å². The zero-order valence-electron chi connectivity index (χ0n) is 14.7. The smallest absolute Gasteiger partial charge is 0.224 e. The van der Waals surface area contributed by atoms with E-state index in [4.69, 9.17) is 0 Å². The number of benzene rings is 1. The minimum Gasteiger partial charge on any atom is -0.325 e. The lowest BCUT2D eigenvalue weighted by atomic mass is 10.1. The number of hydrogen-bond donors (Lipinski definition) is 1. The highest BCUT2D eigenvalue weighted by Crippen LogP contribution is 2.18. The summed E-state index contributed by atoms with van der Waals surface area (Å²) >= 11 is 1.54. The average molecular weight is 361 g/mol. The third kappa shape index (κ3) is 5.97. The Kier molecular flexibility index (Phi) is 7.12. The summed E-state index contributed by atoms with van der Waals surface area (Å²) in [6.45, 7) is 6.49. The molecule has 0 spiro atoms. The number of hydrogen-bond acceptors (Lipinski definition) is 6. The van der Waals surface area contributed by atoms with Crippen molar-refractivity contribution in [3.05, 3.63) is 29.8 Å². The number of carbonyl (C=O) groups excluding carboxylic acids is 2. The molecule has 7 nitrogen and oxygen atoms in total. The summed E-state index contributed by atoms with van der Waals surface area (Å²) in [6, 6.07) is 7.03. The predicted octanol–water partition coefficient (Wildman–Crippen LogP) is 3.04. The maximum absolute atomic E-state index is 12.1. The fraction of sp³-hybridized carbons (Fsp3) is 0.471. The molecule has 1 heterocycles. The van der Waals surface area contributed by atoms with Crippen LogP contribution in [-0.2, 0) is 11.3 Å². The van der Waals surface area contributed by atoms with Crippen LogP contribution >= 0.6 is 11.8 Å². The molecular formula is C17H23N5O2S. The Morgan fingerprint density at radius 1 is 1.28 bits per heavy atom. The van der Waals surface area contributed by atoms with Crippen LogP contribution in [0, 0.1) is 5.92 Å². The highest BCUT2D eigenvalue weighted by atomic mass is 32.2. The first-order valence-corrected chi connectivity index (χ1v) is 9.24. The van der Waals surface area contributed by atoms with E-state index in [2.05, 4.69) is 34.7 Å². The van der Waals surface area contributed by atoms with Crippen molar-refractivity contribution >= 4 is 29.1 Å². The summed E-state index contributed by atoms with van der Waals surface area (Å²) in [6.07, 6.45) is 1.08. The van der Waals surface area contributed by atoms with Crippen molar-refractivity contribution in [3.63, 3.8) is 0 Å². The number of thioether (sulfide) groups is 1. The van der Waals surface area contributed by atoms with Crippen molar-refractivity contribution < 1.29 is 9.59 Å². The molecule has 1 N–H and O–H groups in total. The SMILES string of the molecule is CC(=O)c1ccccc1NC(=O)CCCSc1nnnn1CC(C)C. The van der Waals surface area contributed by atoms with E-state index in [0.29, 0.717) is 30.0 Å². The number of carbonyl (C=O) groups is 2. The first kappa shape index (κ1) is 19.1. The van der Waals surface area contributed by atoms with Crippen LogP contribution in [0.15, 0.2) is 29.4 Å². The Morgan fingerprint density at radius 3 is 2.76 bits per heavy atom. The van der Waals surface area contributed by atoms with Gasteiger partial charge in [0.25, 0.3) is 0 Å². The molecule has 0 bridgehead atoms. The van der Waals surface area contributed by atoms with Crippen molar-refractivity contribution in [2.75, 3.05) is 11.1 Å². The van der Waals surface area contributed by atoms with Gasteiger partial charge in [-0.1, -0.05) is 37.7 Å². The second-order valence-corrected chi connectivity index (χ2v) is 7.20. The molecule has 0 unspecified atom stereocenters. The fourth-order valence-corrected chi connectivity index (χ4v) is 3.09. The first-order chi connectivity index (χ1) is 12.0. The fourth-order valence-electron chi connectivity index (χ4n) is 2.27. The quantitative estimate of drug-likeness (QED) is 0.419. The van der Waals surface area contributed by atoms with Gasteiger partial charge in [-0.15, -0.1) is 5.10 Å². The number of aromatic nitrogens is 4. The maximum atomic E-state index is 12.1.